The Labute approximate surface area is 142 Å². The molecule has 1 fully saturated rings. The van der Waals surface area contributed by atoms with E-state index in [4.69, 9.17) is 0 Å². The van der Waals surface area contributed by atoms with Gasteiger partial charge in [0.2, 0.25) is 11.0 Å². The fraction of sp³-hybridized carbons (Fsp3) is 0.692. The molecule has 1 aliphatic carbocycles. The molecule has 0 aliphatic heterocycles. The van der Waals surface area contributed by atoms with Gasteiger partial charge in [-0.15, -0.1) is 15.3 Å². The Morgan fingerprint density at radius 3 is 2.91 bits per heavy atom. The average molecular weight is 353 g/mol. The zero-order valence-corrected chi connectivity index (χ0v) is 14.8. The molecule has 2 aromatic rings. The van der Waals surface area contributed by atoms with Gasteiger partial charge < -0.3 is 0 Å². The summed E-state index contributed by atoms with van der Waals surface area (Å²) in [6.07, 6.45) is 4.26. The van der Waals surface area contributed by atoms with E-state index in [0.29, 0.717) is 16.9 Å². The van der Waals surface area contributed by atoms with Crippen LogP contribution in [0.3, 0.4) is 0 Å². The topological polar surface area (TPSA) is 89.7 Å². The lowest BCUT2D eigenvalue weighted by Crippen LogP contribution is -2.30. The summed E-state index contributed by atoms with van der Waals surface area (Å²) in [5.74, 6) is 1.52. The molecule has 1 aliphatic rings. The van der Waals surface area contributed by atoms with Crippen molar-refractivity contribution in [3.8, 4) is 0 Å². The molecular formula is C13H19N7OS2. The second-order valence-electron chi connectivity index (χ2n) is 5.43. The van der Waals surface area contributed by atoms with Gasteiger partial charge in [-0.1, -0.05) is 36.4 Å². The van der Waals surface area contributed by atoms with Gasteiger partial charge in [-0.3, -0.25) is 9.69 Å². The highest BCUT2D eigenvalue weighted by Gasteiger charge is 2.34. The Bertz CT molecular complexity index is 667. The molecule has 0 N–H and O–H groups in total. The Kier molecular flexibility index (Phi) is 5.21. The number of anilines is 1. The zero-order valence-electron chi connectivity index (χ0n) is 13.2. The van der Waals surface area contributed by atoms with Crippen LogP contribution in [0.25, 0.3) is 0 Å². The average Bonchev–Trinajstić information content (AvgIpc) is 3.07. The number of thioether (sulfide) groups is 1. The first-order valence-electron chi connectivity index (χ1n) is 7.70. The Morgan fingerprint density at radius 2 is 2.22 bits per heavy atom. The van der Waals surface area contributed by atoms with Crippen molar-refractivity contribution >= 4 is 34.1 Å². The van der Waals surface area contributed by atoms with Crippen LogP contribution in [0.1, 0.15) is 45.4 Å². The summed E-state index contributed by atoms with van der Waals surface area (Å²) in [7, 11) is 0. The van der Waals surface area contributed by atoms with E-state index in [0.717, 1.165) is 42.4 Å². The van der Waals surface area contributed by atoms with E-state index < -0.39 is 0 Å². The van der Waals surface area contributed by atoms with Crippen molar-refractivity contribution in [2.75, 3.05) is 4.90 Å². The van der Waals surface area contributed by atoms with Crippen LogP contribution in [0.5, 0.6) is 0 Å². The lowest BCUT2D eigenvalue weighted by molar-refractivity contribution is -0.116. The number of tetrazole rings is 1. The van der Waals surface area contributed by atoms with Gasteiger partial charge in [-0.2, -0.15) is 0 Å². The zero-order chi connectivity index (χ0) is 16.2. The number of aromatic nitrogens is 6. The van der Waals surface area contributed by atoms with Crippen molar-refractivity contribution in [3.05, 3.63) is 5.82 Å². The summed E-state index contributed by atoms with van der Waals surface area (Å²) in [6.45, 7) is 4.55. The fourth-order valence-corrected chi connectivity index (χ4v) is 4.06. The minimum absolute atomic E-state index is 0.0312. The molecule has 1 amide bonds. The standard InChI is InChI=1S/C13H19N7OS2/c1-3-4-7-19-11(14-17-18-19)8-22-13-16-15-12(23-13)20(9(2)21)10-5-6-10/h10H,3-8H2,1-2H3. The summed E-state index contributed by atoms with van der Waals surface area (Å²) in [6, 6.07) is 0.305. The van der Waals surface area contributed by atoms with Gasteiger partial charge in [0.25, 0.3) is 0 Å². The summed E-state index contributed by atoms with van der Waals surface area (Å²) >= 11 is 3.00. The maximum Gasteiger partial charge on any atom is 0.225 e. The number of carbonyl (C=O) groups is 1. The monoisotopic (exact) mass is 353 g/mol. The third-order valence-electron chi connectivity index (χ3n) is 3.51. The molecule has 0 atom stereocenters. The summed E-state index contributed by atoms with van der Waals surface area (Å²) < 4.78 is 2.67. The summed E-state index contributed by atoms with van der Waals surface area (Å²) in [4.78, 5) is 13.5. The maximum atomic E-state index is 11.8. The molecular weight excluding hydrogens is 334 g/mol. The molecule has 23 heavy (non-hydrogen) atoms. The molecule has 3 rings (SSSR count). The van der Waals surface area contributed by atoms with Crippen LogP contribution in [0.2, 0.25) is 0 Å². The highest BCUT2D eigenvalue weighted by atomic mass is 32.2. The molecule has 10 heteroatoms. The summed E-state index contributed by atoms with van der Waals surface area (Å²) in [5, 5.41) is 20.8. The van der Waals surface area contributed by atoms with Crippen molar-refractivity contribution in [1.82, 2.24) is 30.4 Å². The predicted octanol–water partition coefficient (Wildman–Crippen LogP) is 2.13. The molecule has 8 nitrogen and oxygen atoms in total. The maximum absolute atomic E-state index is 11.8. The second kappa shape index (κ2) is 7.35. The number of hydrogen-bond donors (Lipinski definition) is 0. The van der Waals surface area contributed by atoms with Crippen molar-refractivity contribution < 1.29 is 4.79 Å². The largest absolute Gasteiger partial charge is 0.284 e. The Morgan fingerprint density at radius 1 is 1.39 bits per heavy atom. The van der Waals surface area contributed by atoms with E-state index in [1.54, 1.807) is 23.6 Å². The van der Waals surface area contributed by atoms with Gasteiger partial charge >= 0.3 is 0 Å². The first-order chi connectivity index (χ1) is 11.2. The van der Waals surface area contributed by atoms with Crippen LogP contribution in [0.15, 0.2) is 4.34 Å². The molecule has 0 saturated heterocycles. The van der Waals surface area contributed by atoms with Crippen LogP contribution < -0.4 is 4.90 Å². The minimum atomic E-state index is 0.0312. The number of amides is 1. The molecule has 0 bridgehead atoms. The SMILES string of the molecule is CCCCn1nnnc1CSc1nnc(N(C(C)=O)C2CC2)s1. The van der Waals surface area contributed by atoms with Gasteiger partial charge in [0.15, 0.2) is 10.2 Å². The molecule has 0 unspecified atom stereocenters. The van der Waals surface area contributed by atoms with Gasteiger partial charge in [0.1, 0.15) is 0 Å². The summed E-state index contributed by atoms with van der Waals surface area (Å²) in [5.41, 5.74) is 0. The third kappa shape index (κ3) is 4.05. The lowest BCUT2D eigenvalue weighted by atomic mass is 10.3. The smallest absolute Gasteiger partial charge is 0.225 e. The molecule has 0 spiro atoms. The Hall–Kier alpha value is -1.55. The van der Waals surface area contributed by atoms with Crippen molar-refractivity contribution in [2.24, 2.45) is 0 Å². The highest BCUT2D eigenvalue weighted by molar-refractivity contribution is 8.00. The number of hydrogen-bond acceptors (Lipinski definition) is 8. The van der Waals surface area contributed by atoms with Crippen molar-refractivity contribution in [2.45, 2.75) is 62.2 Å². The van der Waals surface area contributed by atoms with Crippen LogP contribution >= 0.6 is 23.1 Å². The number of nitrogens with zero attached hydrogens (tertiary/aromatic N) is 7. The highest BCUT2D eigenvalue weighted by Crippen LogP contribution is 2.36. The number of carbonyl (C=O) groups excluding carboxylic acids is 1. The van der Waals surface area contributed by atoms with E-state index >= 15 is 0 Å². The van der Waals surface area contributed by atoms with Gasteiger partial charge in [0, 0.05) is 19.5 Å². The quantitative estimate of drug-likeness (QED) is 0.530. The first kappa shape index (κ1) is 16.3. The van der Waals surface area contributed by atoms with Gasteiger partial charge in [0.05, 0.1) is 5.75 Å². The lowest BCUT2D eigenvalue weighted by Gasteiger charge is -2.15. The number of unbranched alkanes of at least 4 members (excludes halogenated alkanes) is 1. The fourth-order valence-electron chi connectivity index (χ4n) is 2.17. The second-order valence-corrected chi connectivity index (χ2v) is 7.61. The number of rotatable bonds is 8. The minimum Gasteiger partial charge on any atom is -0.284 e. The molecule has 1 saturated carbocycles. The molecule has 0 aromatic carbocycles. The predicted molar refractivity (Wildman–Crippen MR) is 88.4 cm³/mol. The van der Waals surface area contributed by atoms with Crippen molar-refractivity contribution in [1.29, 1.82) is 0 Å². The van der Waals surface area contributed by atoms with E-state index in [-0.39, 0.29) is 5.91 Å². The van der Waals surface area contributed by atoms with Gasteiger partial charge in [-0.05, 0) is 29.7 Å². The van der Waals surface area contributed by atoms with Crippen molar-refractivity contribution in [3.63, 3.8) is 0 Å². The van der Waals surface area contributed by atoms with E-state index in [9.17, 15) is 4.79 Å². The molecule has 2 heterocycles. The molecule has 124 valence electrons. The van der Waals surface area contributed by atoms with Crippen LogP contribution in [0.4, 0.5) is 5.13 Å². The first-order valence-corrected chi connectivity index (χ1v) is 9.50. The third-order valence-corrected chi connectivity index (χ3v) is 5.56. The van der Waals surface area contributed by atoms with E-state index in [2.05, 4.69) is 32.6 Å². The van der Waals surface area contributed by atoms with Crippen LogP contribution in [-0.4, -0.2) is 42.4 Å². The van der Waals surface area contributed by atoms with E-state index in [1.165, 1.54) is 11.3 Å². The van der Waals surface area contributed by atoms with Gasteiger partial charge in [-0.25, -0.2) is 4.68 Å². The molecule has 2 aromatic heterocycles. The molecule has 0 radical (unpaired) electrons. The Balaban J connectivity index is 1.61. The number of aryl methyl sites for hydroxylation is 1. The van der Waals surface area contributed by atoms with E-state index in [1.807, 2.05) is 4.68 Å². The van der Waals surface area contributed by atoms with Crippen LogP contribution in [-0.2, 0) is 17.1 Å². The van der Waals surface area contributed by atoms with Crippen LogP contribution in [0, 0.1) is 0 Å². The normalized spacial score (nSPS) is 14.2.